The van der Waals surface area contributed by atoms with E-state index in [1.54, 1.807) is 0 Å². The Hall–Kier alpha value is -0.820. The molecule has 0 bridgehead atoms. The van der Waals surface area contributed by atoms with Crippen molar-refractivity contribution in [2.45, 2.75) is 31.7 Å². The molecule has 2 atom stereocenters. The van der Waals surface area contributed by atoms with E-state index in [2.05, 4.69) is 37.3 Å². The quantitative estimate of drug-likeness (QED) is 0.749. The second kappa shape index (κ2) is 3.15. The second-order valence-electron chi connectivity index (χ2n) is 4.20. The first-order chi connectivity index (χ1) is 6.24. The van der Waals surface area contributed by atoms with E-state index in [9.17, 15) is 0 Å². The van der Waals surface area contributed by atoms with Crippen LogP contribution in [0, 0.1) is 5.92 Å². The Balaban J connectivity index is 2.00. The van der Waals surface area contributed by atoms with Crippen molar-refractivity contribution in [1.82, 2.24) is 0 Å². The van der Waals surface area contributed by atoms with Crippen LogP contribution in [-0.4, -0.2) is 5.54 Å². The van der Waals surface area contributed by atoms with Crippen LogP contribution < -0.4 is 5.73 Å². The Morgan fingerprint density at radius 3 is 2.62 bits per heavy atom. The zero-order valence-electron chi connectivity index (χ0n) is 8.16. The minimum atomic E-state index is 0.121. The maximum absolute atomic E-state index is 6.23. The zero-order valence-corrected chi connectivity index (χ0v) is 8.16. The van der Waals surface area contributed by atoms with Gasteiger partial charge in [-0.2, -0.15) is 0 Å². The molecule has 1 nitrogen and oxygen atoms in total. The second-order valence-corrected chi connectivity index (χ2v) is 4.20. The van der Waals surface area contributed by atoms with E-state index < -0.39 is 0 Å². The van der Waals surface area contributed by atoms with Gasteiger partial charge in [0, 0.05) is 5.54 Å². The number of hydrogen-bond donors (Lipinski definition) is 1. The standard InChI is InChI=1S/C12H17N/c1-2-11-9-12(11,13)8-10-6-4-3-5-7-10/h3-7,11H,2,8-9,13H2,1H3/t11-,12-/m0/s1. The molecule has 13 heavy (non-hydrogen) atoms. The Kier molecular flexibility index (Phi) is 2.12. The Labute approximate surface area is 80.0 Å². The molecule has 0 aromatic heterocycles. The van der Waals surface area contributed by atoms with Crippen LogP contribution in [0.2, 0.25) is 0 Å². The fourth-order valence-corrected chi connectivity index (χ4v) is 2.14. The zero-order chi connectivity index (χ0) is 9.31. The highest BCUT2D eigenvalue weighted by atomic mass is 14.9. The van der Waals surface area contributed by atoms with Gasteiger partial charge in [-0.1, -0.05) is 43.7 Å². The molecule has 0 unspecified atom stereocenters. The van der Waals surface area contributed by atoms with Gasteiger partial charge >= 0.3 is 0 Å². The van der Waals surface area contributed by atoms with Gasteiger partial charge in [0.05, 0.1) is 0 Å². The normalized spacial score (nSPS) is 31.7. The molecule has 1 heteroatoms. The Morgan fingerprint density at radius 1 is 1.38 bits per heavy atom. The lowest BCUT2D eigenvalue weighted by atomic mass is 10.0. The van der Waals surface area contributed by atoms with Crippen molar-refractivity contribution in [3.63, 3.8) is 0 Å². The number of hydrogen-bond acceptors (Lipinski definition) is 1. The molecule has 2 N–H and O–H groups in total. The van der Waals surface area contributed by atoms with Crippen LogP contribution in [0.3, 0.4) is 0 Å². The molecule has 0 spiro atoms. The largest absolute Gasteiger partial charge is 0.325 e. The smallest absolute Gasteiger partial charge is 0.0227 e. The topological polar surface area (TPSA) is 26.0 Å². The van der Waals surface area contributed by atoms with Crippen LogP contribution in [0.5, 0.6) is 0 Å². The van der Waals surface area contributed by atoms with E-state index in [-0.39, 0.29) is 5.54 Å². The molecular formula is C12H17N. The van der Waals surface area contributed by atoms with Crippen LogP contribution in [0.15, 0.2) is 30.3 Å². The maximum atomic E-state index is 6.23. The highest BCUT2D eigenvalue weighted by Gasteiger charge is 2.48. The van der Waals surface area contributed by atoms with Crippen molar-refractivity contribution < 1.29 is 0 Å². The number of benzene rings is 1. The maximum Gasteiger partial charge on any atom is 0.0227 e. The third-order valence-corrected chi connectivity index (χ3v) is 3.15. The fraction of sp³-hybridized carbons (Fsp3) is 0.500. The van der Waals surface area contributed by atoms with Gasteiger partial charge in [0.15, 0.2) is 0 Å². The molecule has 1 aliphatic rings. The van der Waals surface area contributed by atoms with Crippen molar-refractivity contribution in [3.8, 4) is 0 Å². The highest BCUT2D eigenvalue weighted by molar-refractivity contribution is 5.22. The van der Waals surface area contributed by atoms with E-state index in [1.807, 2.05) is 0 Å². The van der Waals surface area contributed by atoms with E-state index >= 15 is 0 Å². The summed E-state index contributed by atoms with van der Waals surface area (Å²) in [4.78, 5) is 0. The SMILES string of the molecule is CC[C@H]1C[C@@]1(N)Cc1ccccc1. The van der Waals surface area contributed by atoms with Gasteiger partial charge in [-0.3, -0.25) is 0 Å². The van der Waals surface area contributed by atoms with Gasteiger partial charge in [0.1, 0.15) is 0 Å². The molecule has 1 fully saturated rings. The van der Waals surface area contributed by atoms with E-state index in [1.165, 1.54) is 18.4 Å². The molecule has 0 radical (unpaired) electrons. The number of rotatable bonds is 3. The first-order valence-electron chi connectivity index (χ1n) is 5.07. The van der Waals surface area contributed by atoms with Crippen molar-refractivity contribution >= 4 is 0 Å². The first-order valence-corrected chi connectivity index (χ1v) is 5.07. The molecule has 2 rings (SSSR count). The highest BCUT2D eigenvalue weighted by Crippen LogP contribution is 2.45. The number of nitrogens with two attached hydrogens (primary N) is 1. The minimum Gasteiger partial charge on any atom is -0.325 e. The van der Waals surface area contributed by atoms with Gasteiger partial charge in [0.2, 0.25) is 0 Å². The summed E-state index contributed by atoms with van der Waals surface area (Å²) in [6.45, 7) is 2.23. The first kappa shape index (κ1) is 8.76. The third-order valence-electron chi connectivity index (χ3n) is 3.15. The van der Waals surface area contributed by atoms with Crippen molar-refractivity contribution in [2.75, 3.05) is 0 Å². The lowest BCUT2D eigenvalue weighted by molar-refractivity contribution is 0.579. The summed E-state index contributed by atoms with van der Waals surface area (Å²) in [6.07, 6.45) is 3.48. The summed E-state index contributed by atoms with van der Waals surface area (Å²) in [5.74, 6) is 0.757. The Bertz CT molecular complexity index is 280. The Morgan fingerprint density at radius 2 is 2.08 bits per heavy atom. The summed E-state index contributed by atoms with van der Waals surface area (Å²) >= 11 is 0. The van der Waals surface area contributed by atoms with E-state index in [0.29, 0.717) is 0 Å². The lowest BCUT2D eigenvalue weighted by Crippen LogP contribution is -2.27. The summed E-state index contributed by atoms with van der Waals surface area (Å²) in [5.41, 5.74) is 7.73. The molecule has 0 aliphatic heterocycles. The van der Waals surface area contributed by atoms with Crippen LogP contribution in [0.4, 0.5) is 0 Å². The molecule has 1 saturated carbocycles. The van der Waals surface area contributed by atoms with Crippen molar-refractivity contribution in [1.29, 1.82) is 0 Å². The summed E-state index contributed by atoms with van der Waals surface area (Å²) < 4.78 is 0. The van der Waals surface area contributed by atoms with Crippen LogP contribution in [0.25, 0.3) is 0 Å². The van der Waals surface area contributed by atoms with Crippen LogP contribution >= 0.6 is 0 Å². The van der Waals surface area contributed by atoms with Gasteiger partial charge in [-0.05, 0) is 24.3 Å². The van der Waals surface area contributed by atoms with Gasteiger partial charge in [0.25, 0.3) is 0 Å². The van der Waals surface area contributed by atoms with Gasteiger partial charge in [-0.15, -0.1) is 0 Å². The lowest BCUT2D eigenvalue weighted by Gasteiger charge is -2.10. The van der Waals surface area contributed by atoms with Crippen molar-refractivity contribution in [3.05, 3.63) is 35.9 Å². The predicted octanol–water partition coefficient (Wildman–Crippen LogP) is 2.36. The molecule has 70 valence electrons. The molecule has 1 aromatic rings. The molecule has 0 amide bonds. The summed E-state index contributed by atoms with van der Waals surface area (Å²) in [6, 6.07) is 10.6. The van der Waals surface area contributed by atoms with Crippen molar-refractivity contribution in [2.24, 2.45) is 11.7 Å². The average molecular weight is 175 g/mol. The molecule has 1 aliphatic carbocycles. The minimum absolute atomic E-state index is 0.121. The molecule has 0 heterocycles. The predicted molar refractivity (Wildman–Crippen MR) is 55.5 cm³/mol. The average Bonchev–Trinajstić information content (AvgIpc) is 2.78. The summed E-state index contributed by atoms with van der Waals surface area (Å²) in [5, 5.41) is 0. The molecule has 1 aromatic carbocycles. The van der Waals surface area contributed by atoms with E-state index in [0.717, 1.165) is 12.3 Å². The fourth-order valence-electron chi connectivity index (χ4n) is 2.14. The third kappa shape index (κ3) is 1.75. The monoisotopic (exact) mass is 175 g/mol. The van der Waals surface area contributed by atoms with Crippen LogP contribution in [-0.2, 0) is 6.42 Å². The molecular weight excluding hydrogens is 158 g/mol. The molecule has 0 saturated heterocycles. The van der Waals surface area contributed by atoms with Gasteiger partial charge in [-0.25, -0.2) is 0 Å². The van der Waals surface area contributed by atoms with E-state index in [4.69, 9.17) is 5.73 Å². The summed E-state index contributed by atoms with van der Waals surface area (Å²) in [7, 11) is 0. The van der Waals surface area contributed by atoms with Crippen LogP contribution in [0.1, 0.15) is 25.3 Å². The van der Waals surface area contributed by atoms with Gasteiger partial charge < -0.3 is 5.73 Å².